The largest absolute Gasteiger partial charge is 0.481 e. The van der Waals surface area contributed by atoms with Gasteiger partial charge in [-0.15, -0.1) is 0 Å². The van der Waals surface area contributed by atoms with E-state index in [1.807, 2.05) is 25.1 Å². The number of hydrogen-bond acceptors (Lipinski definition) is 2. The number of carbonyl (C=O) groups is 2. The molecule has 0 bridgehead atoms. The third-order valence-electron chi connectivity index (χ3n) is 4.19. The van der Waals surface area contributed by atoms with E-state index in [4.69, 9.17) is 11.6 Å². The summed E-state index contributed by atoms with van der Waals surface area (Å²) in [5.74, 6) is -0.847. The van der Waals surface area contributed by atoms with Crippen LogP contribution in [0.4, 0.5) is 0 Å². The average molecular weight is 310 g/mol. The zero-order valence-corrected chi connectivity index (χ0v) is 12.9. The van der Waals surface area contributed by atoms with Gasteiger partial charge < -0.3 is 10.0 Å². The number of amides is 1. The van der Waals surface area contributed by atoms with Crippen LogP contribution < -0.4 is 0 Å². The van der Waals surface area contributed by atoms with Crippen molar-refractivity contribution in [3.8, 4) is 0 Å². The minimum Gasteiger partial charge on any atom is -0.481 e. The predicted molar refractivity (Wildman–Crippen MR) is 81.3 cm³/mol. The summed E-state index contributed by atoms with van der Waals surface area (Å²) in [6, 6.07) is 7.25. The smallest absolute Gasteiger partial charge is 0.311 e. The van der Waals surface area contributed by atoms with Gasteiger partial charge in [0.05, 0.1) is 11.8 Å². The molecule has 1 atom stereocenters. The van der Waals surface area contributed by atoms with E-state index in [0.29, 0.717) is 31.0 Å². The van der Waals surface area contributed by atoms with Gasteiger partial charge in [-0.2, -0.15) is 0 Å². The molecule has 1 saturated heterocycles. The van der Waals surface area contributed by atoms with Crippen molar-refractivity contribution < 1.29 is 14.7 Å². The van der Waals surface area contributed by atoms with Gasteiger partial charge in [0, 0.05) is 18.1 Å². The van der Waals surface area contributed by atoms with Crippen LogP contribution in [0.5, 0.6) is 0 Å². The molecule has 1 fully saturated rings. The predicted octanol–water partition coefficient (Wildman–Crippen LogP) is 2.99. The maximum atomic E-state index is 12.4. The van der Waals surface area contributed by atoms with Crippen molar-refractivity contribution in [2.75, 3.05) is 13.1 Å². The van der Waals surface area contributed by atoms with Gasteiger partial charge in [0.15, 0.2) is 0 Å². The molecule has 1 heterocycles. The molecule has 114 valence electrons. The molecule has 4 nitrogen and oxygen atoms in total. The maximum absolute atomic E-state index is 12.4. The molecular weight excluding hydrogens is 290 g/mol. The molecule has 5 heteroatoms. The number of carbonyl (C=O) groups excluding carboxylic acids is 1. The average Bonchev–Trinajstić information content (AvgIpc) is 2.87. The summed E-state index contributed by atoms with van der Waals surface area (Å²) in [6.07, 6.45) is 2.17. The van der Waals surface area contributed by atoms with Crippen LogP contribution in [-0.4, -0.2) is 35.0 Å². The Kier molecular flexibility index (Phi) is 4.88. The van der Waals surface area contributed by atoms with Crippen LogP contribution in [-0.2, 0) is 16.0 Å². The van der Waals surface area contributed by atoms with Gasteiger partial charge in [-0.05, 0) is 24.5 Å². The van der Waals surface area contributed by atoms with Crippen molar-refractivity contribution in [2.45, 2.75) is 32.6 Å². The van der Waals surface area contributed by atoms with Crippen LogP contribution in [0.25, 0.3) is 0 Å². The Balaban J connectivity index is 2.05. The van der Waals surface area contributed by atoms with Gasteiger partial charge >= 0.3 is 5.97 Å². The summed E-state index contributed by atoms with van der Waals surface area (Å²) in [6.45, 7) is 2.79. The van der Waals surface area contributed by atoms with Crippen LogP contribution in [0.15, 0.2) is 24.3 Å². The molecule has 0 saturated carbocycles. The number of hydrogen-bond donors (Lipinski definition) is 1. The second-order valence-electron chi connectivity index (χ2n) is 5.67. The number of carboxylic acids is 1. The topological polar surface area (TPSA) is 57.6 Å². The summed E-state index contributed by atoms with van der Waals surface area (Å²) in [5.41, 5.74) is 0.0118. The minimum atomic E-state index is -0.794. The number of halogens is 1. The molecule has 2 rings (SSSR count). The van der Waals surface area contributed by atoms with E-state index < -0.39 is 11.4 Å². The second-order valence-corrected chi connectivity index (χ2v) is 6.08. The molecule has 0 radical (unpaired) electrons. The Bertz CT molecular complexity index is 546. The molecule has 1 aliphatic heterocycles. The molecule has 0 aliphatic carbocycles. The van der Waals surface area contributed by atoms with Crippen LogP contribution in [0, 0.1) is 5.41 Å². The zero-order valence-electron chi connectivity index (χ0n) is 12.1. The third kappa shape index (κ3) is 3.38. The lowest BCUT2D eigenvalue weighted by molar-refractivity contribution is -0.149. The summed E-state index contributed by atoms with van der Waals surface area (Å²) in [4.78, 5) is 25.6. The summed E-state index contributed by atoms with van der Waals surface area (Å²) >= 11 is 6.07. The quantitative estimate of drug-likeness (QED) is 0.909. The van der Waals surface area contributed by atoms with E-state index in [9.17, 15) is 14.7 Å². The Morgan fingerprint density at radius 3 is 2.71 bits per heavy atom. The maximum Gasteiger partial charge on any atom is 0.311 e. The Morgan fingerprint density at radius 2 is 2.10 bits per heavy atom. The molecule has 1 N–H and O–H groups in total. The Labute approximate surface area is 129 Å². The van der Waals surface area contributed by atoms with Gasteiger partial charge in [0.25, 0.3) is 0 Å². The normalized spacial score (nSPS) is 21.5. The van der Waals surface area contributed by atoms with Crippen LogP contribution in [0.3, 0.4) is 0 Å². The van der Waals surface area contributed by atoms with E-state index >= 15 is 0 Å². The SMILES string of the molecule is CCCC1(C(=O)O)CCN(C(=O)Cc2ccccc2Cl)C1. The van der Waals surface area contributed by atoms with Crippen molar-refractivity contribution in [3.63, 3.8) is 0 Å². The van der Waals surface area contributed by atoms with Crippen LogP contribution >= 0.6 is 11.6 Å². The van der Waals surface area contributed by atoms with E-state index in [1.54, 1.807) is 11.0 Å². The highest BCUT2D eigenvalue weighted by Crippen LogP contribution is 2.36. The van der Waals surface area contributed by atoms with Crippen LogP contribution in [0.1, 0.15) is 31.7 Å². The molecule has 1 aromatic carbocycles. The number of likely N-dealkylation sites (tertiary alicyclic amines) is 1. The Hall–Kier alpha value is -1.55. The monoisotopic (exact) mass is 309 g/mol. The molecule has 0 aromatic heterocycles. The number of nitrogens with zero attached hydrogens (tertiary/aromatic N) is 1. The van der Waals surface area contributed by atoms with Gasteiger partial charge in [0.1, 0.15) is 0 Å². The van der Waals surface area contributed by atoms with Crippen molar-refractivity contribution in [1.29, 1.82) is 0 Å². The standard InChI is InChI=1S/C16H20ClNO3/c1-2-7-16(15(20)21)8-9-18(11-16)14(19)10-12-5-3-4-6-13(12)17/h3-6H,2,7-11H2,1H3,(H,20,21). The van der Waals surface area contributed by atoms with Gasteiger partial charge in [-0.3, -0.25) is 9.59 Å². The first-order chi connectivity index (χ1) is 9.98. The first-order valence-electron chi connectivity index (χ1n) is 7.23. The number of rotatable bonds is 5. The summed E-state index contributed by atoms with van der Waals surface area (Å²) < 4.78 is 0. The summed E-state index contributed by atoms with van der Waals surface area (Å²) in [5, 5.41) is 10.0. The zero-order chi connectivity index (χ0) is 15.5. The van der Waals surface area contributed by atoms with E-state index in [2.05, 4.69) is 0 Å². The van der Waals surface area contributed by atoms with Crippen LogP contribution in [0.2, 0.25) is 5.02 Å². The first-order valence-corrected chi connectivity index (χ1v) is 7.61. The molecule has 1 aliphatic rings. The van der Waals surface area contributed by atoms with E-state index in [-0.39, 0.29) is 12.3 Å². The molecule has 0 spiro atoms. The van der Waals surface area contributed by atoms with Gasteiger partial charge in [0.2, 0.25) is 5.91 Å². The fourth-order valence-electron chi connectivity index (χ4n) is 2.97. The molecular formula is C16H20ClNO3. The highest BCUT2D eigenvalue weighted by Gasteiger charge is 2.45. The summed E-state index contributed by atoms with van der Waals surface area (Å²) in [7, 11) is 0. The fraction of sp³-hybridized carbons (Fsp3) is 0.500. The van der Waals surface area contributed by atoms with E-state index in [0.717, 1.165) is 12.0 Å². The Morgan fingerprint density at radius 1 is 1.38 bits per heavy atom. The van der Waals surface area contributed by atoms with Crippen molar-refractivity contribution in [3.05, 3.63) is 34.9 Å². The number of benzene rings is 1. The van der Waals surface area contributed by atoms with Crippen molar-refractivity contribution in [1.82, 2.24) is 4.90 Å². The molecule has 1 amide bonds. The minimum absolute atomic E-state index is 0.0534. The lowest BCUT2D eigenvalue weighted by atomic mass is 9.83. The number of carboxylic acid groups (broad SMARTS) is 1. The molecule has 21 heavy (non-hydrogen) atoms. The van der Waals surface area contributed by atoms with Gasteiger partial charge in [-0.1, -0.05) is 43.1 Å². The van der Waals surface area contributed by atoms with E-state index in [1.165, 1.54) is 0 Å². The highest BCUT2D eigenvalue weighted by molar-refractivity contribution is 6.31. The van der Waals surface area contributed by atoms with Crippen molar-refractivity contribution >= 4 is 23.5 Å². The highest BCUT2D eigenvalue weighted by atomic mass is 35.5. The molecule has 1 unspecified atom stereocenters. The fourth-order valence-corrected chi connectivity index (χ4v) is 3.17. The van der Waals surface area contributed by atoms with Gasteiger partial charge in [-0.25, -0.2) is 0 Å². The first kappa shape index (κ1) is 15.8. The number of aliphatic carboxylic acids is 1. The van der Waals surface area contributed by atoms with Crippen molar-refractivity contribution in [2.24, 2.45) is 5.41 Å². The second kappa shape index (κ2) is 6.48. The third-order valence-corrected chi connectivity index (χ3v) is 4.56. The lowest BCUT2D eigenvalue weighted by Gasteiger charge is -2.24. The lowest BCUT2D eigenvalue weighted by Crippen LogP contribution is -2.37. The molecule has 1 aromatic rings.